The van der Waals surface area contributed by atoms with Gasteiger partial charge < -0.3 is 23.2 Å². The minimum Gasteiger partial charge on any atom is -0.456 e. The van der Waals surface area contributed by atoms with Crippen molar-refractivity contribution in [1.29, 1.82) is 0 Å². The van der Waals surface area contributed by atoms with E-state index in [4.69, 9.17) is 8.83 Å². The number of nitrogens with zero attached hydrogens (tertiary/aromatic N) is 3. The van der Waals surface area contributed by atoms with Crippen LogP contribution >= 0.6 is 0 Å². The van der Waals surface area contributed by atoms with E-state index in [1.54, 1.807) is 0 Å². The van der Waals surface area contributed by atoms with Crippen LogP contribution in [-0.4, -0.2) is 11.3 Å². The molecule has 18 aromatic rings. The Balaban J connectivity index is 0.927. The Morgan fingerprint density at radius 1 is 0.219 bits per heavy atom. The molecule has 0 saturated heterocycles. The van der Waals surface area contributed by atoms with Crippen molar-refractivity contribution in [2.24, 2.45) is 0 Å². The van der Waals surface area contributed by atoms with Gasteiger partial charge in [0.2, 0.25) is 0 Å². The van der Waals surface area contributed by atoms with E-state index in [2.05, 4.69) is 342 Å². The van der Waals surface area contributed by atoms with Crippen molar-refractivity contribution in [2.75, 3.05) is 9.80 Å². The van der Waals surface area contributed by atoms with Gasteiger partial charge in [-0.05, 0) is 169 Å². The second-order valence-corrected chi connectivity index (χ2v) is 25.5. The highest BCUT2D eigenvalue weighted by Gasteiger charge is 2.45. The zero-order chi connectivity index (χ0) is 63.0. The lowest BCUT2D eigenvalue weighted by molar-refractivity contribution is 0.668. The van der Waals surface area contributed by atoms with Gasteiger partial charge in [0.05, 0.1) is 28.1 Å². The van der Waals surface area contributed by atoms with Gasteiger partial charge in [-0.1, -0.05) is 243 Å². The minimum absolute atomic E-state index is 0.226. The van der Waals surface area contributed by atoms with Gasteiger partial charge in [0, 0.05) is 66.2 Å². The average molecular weight is 1220 g/mol. The summed E-state index contributed by atoms with van der Waals surface area (Å²) in [4.78, 5) is 5.24. The first-order valence-corrected chi connectivity index (χ1v) is 33.0. The van der Waals surface area contributed by atoms with Gasteiger partial charge in [-0.2, -0.15) is 0 Å². The minimum atomic E-state index is -0.226. The second kappa shape index (κ2) is 21.5. The molecule has 0 spiro atoms. The van der Waals surface area contributed by atoms with Crippen LogP contribution in [0.4, 0.5) is 34.1 Å². The Kier molecular flexibility index (Phi) is 12.1. The van der Waals surface area contributed by atoms with Crippen LogP contribution in [0, 0.1) is 0 Å². The monoisotopic (exact) mass is 1220 g/mol. The maximum atomic E-state index is 6.47. The van der Waals surface area contributed by atoms with Crippen molar-refractivity contribution in [3.63, 3.8) is 0 Å². The molecule has 5 heterocycles. The number of aromatic nitrogens is 1. The molecular formula is C90H56BN3O2. The summed E-state index contributed by atoms with van der Waals surface area (Å²) in [5.74, 6) is 0. The number of hydrogen-bond donors (Lipinski definition) is 0. The van der Waals surface area contributed by atoms with Crippen molar-refractivity contribution in [1.82, 2.24) is 4.57 Å². The summed E-state index contributed by atoms with van der Waals surface area (Å²) in [5.41, 5.74) is 30.6. The molecule has 0 aliphatic carbocycles. The molecule has 3 aromatic heterocycles. The standard InChI is InChI=1S/C90H56BN3O2/c1-5-21-57(22-6-1)61-39-45-80(72(49-61)59-25-9-3-10-26-59)93-82-53-65(63-41-47-88-74(51-63)70-31-15-19-35-86(70)95-88)37-43-76(82)91-77-44-38-66(64-42-48-89-75(52-64)71-32-16-20-36-87(71)96-89)54-83(77)94(81-46-40-62(58-23-7-2-8-24-58)50-73(81)60-27-11-4-12-28-60)85-56-67(55-84(93)90(85)91)92-78-33-17-13-29-68(78)69-30-14-18-34-79(69)92/h1-56H. The fraction of sp³-hybridized carbons (Fsp3) is 0. The SMILES string of the molecule is c1ccc(-c2ccc(N3c4cc(-c5ccc6oc7ccccc7c6c5)ccc4B4c5ccc(-c6ccc7oc8ccccc8c7c6)cc5N(c5ccc(-c6ccccc6)cc5-c5ccccc5)c5cc(-n6c7ccccc7c7ccccc76)cc3c54)c(-c3ccccc3)c2)cc1. The van der Waals surface area contributed by atoms with Crippen molar-refractivity contribution in [3.8, 4) is 72.4 Å². The molecule has 20 rings (SSSR count). The van der Waals surface area contributed by atoms with Crippen LogP contribution in [0.1, 0.15) is 0 Å². The third-order valence-electron chi connectivity index (χ3n) is 20.2. The molecule has 446 valence electrons. The first kappa shape index (κ1) is 54.0. The Morgan fingerprint density at radius 2 is 0.562 bits per heavy atom. The summed E-state index contributed by atoms with van der Waals surface area (Å²) in [6.45, 7) is -0.226. The zero-order valence-corrected chi connectivity index (χ0v) is 52.1. The summed E-state index contributed by atoms with van der Waals surface area (Å²) in [5, 5.41) is 6.79. The van der Waals surface area contributed by atoms with Crippen LogP contribution in [0.25, 0.3) is 138 Å². The Bertz CT molecular complexity index is 5800. The van der Waals surface area contributed by atoms with E-state index in [0.717, 1.165) is 161 Å². The molecule has 5 nitrogen and oxygen atoms in total. The van der Waals surface area contributed by atoms with Gasteiger partial charge >= 0.3 is 0 Å². The highest BCUT2D eigenvalue weighted by atomic mass is 16.3. The topological polar surface area (TPSA) is 37.7 Å². The summed E-state index contributed by atoms with van der Waals surface area (Å²) in [7, 11) is 0. The fourth-order valence-corrected chi connectivity index (χ4v) is 15.8. The van der Waals surface area contributed by atoms with Crippen LogP contribution in [0.15, 0.2) is 349 Å². The van der Waals surface area contributed by atoms with Crippen molar-refractivity contribution >= 4 is 123 Å². The van der Waals surface area contributed by atoms with Crippen LogP contribution in [0.2, 0.25) is 0 Å². The summed E-state index contributed by atoms with van der Waals surface area (Å²) >= 11 is 0. The van der Waals surface area contributed by atoms with E-state index in [0.29, 0.717) is 0 Å². The number of fused-ring (bicyclic) bond motifs is 13. The molecule has 96 heavy (non-hydrogen) atoms. The van der Waals surface area contributed by atoms with Crippen LogP contribution in [0.5, 0.6) is 0 Å². The molecule has 0 radical (unpaired) electrons. The van der Waals surface area contributed by atoms with Crippen molar-refractivity contribution < 1.29 is 8.83 Å². The lowest BCUT2D eigenvalue weighted by Gasteiger charge is -2.45. The molecule has 15 aromatic carbocycles. The lowest BCUT2D eigenvalue weighted by Crippen LogP contribution is -2.61. The van der Waals surface area contributed by atoms with Gasteiger partial charge in [0.25, 0.3) is 6.71 Å². The van der Waals surface area contributed by atoms with E-state index in [1.807, 2.05) is 12.1 Å². The van der Waals surface area contributed by atoms with Crippen LogP contribution in [-0.2, 0) is 0 Å². The average Bonchev–Trinajstić information content (AvgIpc) is 0.777. The van der Waals surface area contributed by atoms with E-state index in [9.17, 15) is 0 Å². The zero-order valence-electron chi connectivity index (χ0n) is 52.1. The molecule has 0 atom stereocenters. The molecule has 0 saturated carbocycles. The first-order valence-electron chi connectivity index (χ1n) is 33.0. The third kappa shape index (κ3) is 8.45. The quantitative estimate of drug-likeness (QED) is 0.135. The highest BCUT2D eigenvalue weighted by Crippen LogP contribution is 2.52. The smallest absolute Gasteiger partial charge is 0.252 e. The van der Waals surface area contributed by atoms with E-state index >= 15 is 0 Å². The van der Waals surface area contributed by atoms with Gasteiger partial charge in [0.15, 0.2) is 0 Å². The van der Waals surface area contributed by atoms with E-state index in [1.165, 1.54) is 27.2 Å². The maximum absolute atomic E-state index is 6.47. The summed E-state index contributed by atoms with van der Waals surface area (Å²) < 4.78 is 15.4. The van der Waals surface area contributed by atoms with E-state index in [-0.39, 0.29) is 6.71 Å². The molecule has 0 amide bonds. The molecule has 0 N–H and O–H groups in total. The predicted octanol–water partition coefficient (Wildman–Crippen LogP) is 22.7. The molecular weight excluding hydrogens is 1170 g/mol. The van der Waals surface area contributed by atoms with Gasteiger partial charge in [-0.25, -0.2) is 0 Å². The van der Waals surface area contributed by atoms with Gasteiger partial charge in [-0.15, -0.1) is 0 Å². The van der Waals surface area contributed by atoms with Crippen LogP contribution in [0.3, 0.4) is 0 Å². The summed E-state index contributed by atoms with van der Waals surface area (Å²) in [6.07, 6.45) is 0. The van der Waals surface area contributed by atoms with Crippen LogP contribution < -0.4 is 26.2 Å². The Morgan fingerprint density at radius 3 is 1.01 bits per heavy atom. The number of furan rings is 2. The Labute approximate surface area is 554 Å². The number of anilines is 6. The fourth-order valence-electron chi connectivity index (χ4n) is 15.8. The van der Waals surface area contributed by atoms with Gasteiger partial charge in [-0.3, -0.25) is 0 Å². The lowest BCUT2D eigenvalue weighted by atomic mass is 9.33. The van der Waals surface area contributed by atoms with Crippen molar-refractivity contribution in [2.45, 2.75) is 0 Å². The second-order valence-electron chi connectivity index (χ2n) is 25.5. The van der Waals surface area contributed by atoms with Crippen molar-refractivity contribution in [3.05, 3.63) is 340 Å². The molecule has 6 heteroatoms. The molecule has 2 aliphatic heterocycles. The highest BCUT2D eigenvalue weighted by molar-refractivity contribution is 7.00. The Hall–Kier alpha value is -12.6. The largest absolute Gasteiger partial charge is 0.456 e. The first-order chi connectivity index (χ1) is 47.6. The number of benzene rings is 15. The molecule has 0 fully saturated rings. The third-order valence-corrected chi connectivity index (χ3v) is 20.2. The number of para-hydroxylation sites is 4. The molecule has 2 aliphatic rings. The molecule has 0 unspecified atom stereocenters. The number of rotatable bonds is 9. The maximum Gasteiger partial charge on any atom is 0.252 e. The normalized spacial score (nSPS) is 12.5. The van der Waals surface area contributed by atoms with E-state index < -0.39 is 0 Å². The predicted molar refractivity (Wildman–Crippen MR) is 402 cm³/mol. The summed E-state index contributed by atoms with van der Waals surface area (Å²) in [6, 6.07) is 125. The molecule has 0 bridgehead atoms. The number of hydrogen-bond acceptors (Lipinski definition) is 4. The van der Waals surface area contributed by atoms with Gasteiger partial charge in [0.1, 0.15) is 22.3 Å².